The number of piperidine rings is 1. The van der Waals surface area contributed by atoms with Crippen LogP contribution in [0.2, 0.25) is 0 Å². The van der Waals surface area contributed by atoms with Crippen LogP contribution >= 0.6 is 0 Å². The lowest BCUT2D eigenvalue weighted by molar-refractivity contribution is -0.0257. The molecule has 1 saturated heterocycles. The lowest BCUT2D eigenvalue weighted by Crippen LogP contribution is -2.42. The summed E-state index contributed by atoms with van der Waals surface area (Å²) in [6.07, 6.45) is 9.96. The Morgan fingerprint density at radius 2 is 1.97 bits per heavy atom. The normalized spacial score (nSPS) is 18.7. The van der Waals surface area contributed by atoms with E-state index in [1.54, 1.807) is 19.5 Å². The largest absolute Gasteiger partial charge is 0.497 e. The van der Waals surface area contributed by atoms with Crippen molar-refractivity contribution in [3.63, 3.8) is 0 Å². The molecule has 6 heteroatoms. The number of fused-ring (bicyclic) bond motifs is 2. The van der Waals surface area contributed by atoms with E-state index in [0.717, 1.165) is 78.4 Å². The second-order valence-electron chi connectivity index (χ2n) is 8.67. The van der Waals surface area contributed by atoms with Crippen molar-refractivity contribution in [2.75, 3.05) is 26.7 Å². The molecule has 0 aliphatic carbocycles. The molecule has 1 N–H and O–H groups in total. The van der Waals surface area contributed by atoms with Crippen LogP contribution in [0.3, 0.4) is 0 Å². The molecule has 0 bridgehead atoms. The van der Waals surface area contributed by atoms with E-state index in [0.29, 0.717) is 6.61 Å². The number of nitrogens with zero attached hydrogens (tertiary/aromatic N) is 3. The maximum Gasteiger partial charge on any atom is 0.131 e. The summed E-state index contributed by atoms with van der Waals surface area (Å²) in [6, 6.07) is 13.9. The van der Waals surface area contributed by atoms with E-state index in [1.165, 1.54) is 0 Å². The molecular weight excluding hydrogens is 414 g/mol. The Labute approximate surface area is 194 Å². The molecule has 0 amide bonds. The van der Waals surface area contributed by atoms with Gasteiger partial charge >= 0.3 is 0 Å². The van der Waals surface area contributed by atoms with Crippen LogP contribution in [0.4, 0.5) is 0 Å². The lowest BCUT2D eigenvalue weighted by atomic mass is 9.85. The lowest BCUT2D eigenvalue weighted by Gasteiger charge is -2.38. The summed E-state index contributed by atoms with van der Waals surface area (Å²) < 4.78 is 11.5. The van der Waals surface area contributed by atoms with Gasteiger partial charge in [0, 0.05) is 54.9 Å². The first-order valence-electron chi connectivity index (χ1n) is 11.5. The molecule has 5 rings (SSSR count). The van der Waals surface area contributed by atoms with Gasteiger partial charge in [0.05, 0.1) is 18.4 Å². The van der Waals surface area contributed by atoms with Gasteiger partial charge in [0.1, 0.15) is 18.1 Å². The molecule has 0 spiro atoms. The predicted molar refractivity (Wildman–Crippen MR) is 127 cm³/mol. The zero-order valence-electron chi connectivity index (χ0n) is 18.9. The van der Waals surface area contributed by atoms with Gasteiger partial charge in [-0.1, -0.05) is 18.2 Å². The number of benzene rings is 1. The quantitative estimate of drug-likeness (QED) is 0.638. The molecular formula is C27H29N3O3. The maximum atomic E-state index is 11.1. The van der Waals surface area contributed by atoms with Crippen molar-refractivity contribution < 1.29 is 14.6 Å². The van der Waals surface area contributed by atoms with Crippen molar-refractivity contribution in [2.24, 2.45) is 0 Å². The molecule has 1 fully saturated rings. The topological polar surface area (TPSA) is 67.7 Å². The van der Waals surface area contributed by atoms with Crippen LogP contribution in [0.15, 0.2) is 67.1 Å². The number of hydrogen-bond donors (Lipinski definition) is 1. The van der Waals surface area contributed by atoms with E-state index >= 15 is 0 Å². The first-order chi connectivity index (χ1) is 16.2. The van der Waals surface area contributed by atoms with Crippen LogP contribution < -0.4 is 9.47 Å². The van der Waals surface area contributed by atoms with Crippen LogP contribution in [0.5, 0.6) is 11.5 Å². The Morgan fingerprint density at radius 1 is 1.12 bits per heavy atom. The van der Waals surface area contributed by atoms with Crippen LogP contribution in [-0.4, -0.2) is 46.7 Å². The van der Waals surface area contributed by atoms with Crippen LogP contribution in [-0.2, 0) is 12.2 Å². The molecule has 0 saturated carbocycles. The molecule has 4 heterocycles. The number of methoxy groups -OCH3 is 1. The smallest absolute Gasteiger partial charge is 0.131 e. The fourth-order valence-electron chi connectivity index (χ4n) is 4.75. The zero-order chi connectivity index (χ0) is 22.7. The maximum absolute atomic E-state index is 11.1. The molecule has 0 unspecified atom stereocenters. The van der Waals surface area contributed by atoms with E-state index in [-0.39, 0.29) is 0 Å². The number of aromatic nitrogens is 2. The molecule has 6 nitrogen and oxygen atoms in total. The molecule has 1 aromatic carbocycles. The number of hydrogen-bond acceptors (Lipinski definition) is 6. The second kappa shape index (κ2) is 9.33. The highest BCUT2D eigenvalue weighted by molar-refractivity contribution is 5.85. The van der Waals surface area contributed by atoms with Crippen molar-refractivity contribution in [1.82, 2.24) is 14.9 Å². The fourth-order valence-corrected chi connectivity index (χ4v) is 4.75. The average Bonchev–Trinajstić information content (AvgIpc) is 3.02. The summed E-state index contributed by atoms with van der Waals surface area (Å²) in [5.74, 6) is 1.65. The van der Waals surface area contributed by atoms with Crippen molar-refractivity contribution in [3.8, 4) is 11.5 Å². The summed E-state index contributed by atoms with van der Waals surface area (Å²) in [6.45, 7) is 3.11. The van der Waals surface area contributed by atoms with Gasteiger partial charge in [-0.05, 0) is 55.2 Å². The van der Waals surface area contributed by atoms with Crippen LogP contribution in [0, 0.1) is 0 Å². The highest BCUT2D eigenvalue weighted by atomic mass is 16.5. The van der Waals surface area contributed by atoms with Gasteiger partial charge in [-0.3, -0.25) is 9.97 Å². The summed E-state index contributed by atoms with van der Waals surface area (Å²) in [5, 5.41) is 11.1. The Morgan fingerprint density at radius 3 is 2.76 bits per heavy atom. The number of pyridine rings is 2. The van der Waals surface area contributed by atoms with E-state index in [4.69, 9.17) is 9.47 Å². The van der Waals surface area contributed by atoms with Crippen molar-refractivity contribution in [1.29, 1.82) is 0 Å². The molecule has 0 radical (unpaired) electrons. The van der Waals surface area contributed by atoms with Gasteiger partial charge in [-0.15, -0.1) is 0 Å². The van der Waals surface area contributed by atoms with Gasteiger partial charge in [0.15, 0.2) is 0 Å². The van der Waals surface area contributed by atoms with E-state index < -0.39 is 5.60 Å². The molecule has 170 valence electrons. The molecule has 0 atom stereocenters. The highest BCUT2D eigenvalue weighted by Crippen LogP contribution is 2.38. The Kier molecular flexibility index (Phi) is 6.11. The van der Waals surface area contributed by atoms with Gasteiger partial charge in [0.25, 0.3) is 0 Å². The third-order valence-corrected chi connectivity index (χ3v) is 6.70. The van der Waals surface area contributed by atoms with E-state index in [1.807, 2.05) is 42.6 Å². The molecule has 2 aliphatic rings. The van der Waals surface area contributed by atoms with Gasteiger partial charge < -0.3 is 19.5 Å². The molecule has 2 aliphatic heterocycles. The number of likely N-dealkylation sites (tertiary alicyclic amines) is 1. The minimum Gasteiger partial charge on any atom is -0.497 e. The average molecular weight is 444 g/mol. The van der Waals surface area contributed by atoms with Gasteiger partial charge in [0.2, 0.25) is 0 Å². The first-order valence-corrected chi connectivity index (χ1v) is 11.5. The number of aliphatic hydroxyl groups is 1. The Bertz CT molecular complexity index is 1140. The molecule has 3 aromatic rings. The standard InChI is InChI=1S/C27H29N3O3/c1-32-21-8-9-26-24(17-21)22(23-6-3-13-29-25(23)19-33-26)7-4-14-30-15-10-27(31,11-16-30)20-5-2-12-28-18-20/h2-3,5-9,12-13,17-18,31H,4,10-11,14-16,19H2,1H3/b22-7+. The van der Waals surface area contributed by atoms with Crippen LogP contribution in [0.25, 0.3) is 5.57 Å². The van der Waals surface area contributed by atoms with Gasteiger partial charge in [-0.25, -0.2) is 0 Å². The predicted octanol–water partition coefficient (Wildman–Crippen LogP) is 4.18. The summed E-state index contributed by atoms with van der Waals surface area (Å²) in [4.78, 5) is 11.2. The summed E-state index contributed by atoms with van der Waals surface area (Å²) in [5.41, 5.74) is 4.36. The number of ether oxygens (including phenoxy) is 2. The molecule has 2 aromatic heterocycles. The van der Waals surface area contributed by atoms with Crippen molar-refractivity contribution >= 4 is 5.57 Å². The van der Waals surface area contributed by atoms with Gasteiger partial charge in [-0.2, -0.15) is 0 Å². The second-order valence-corrected chi connectivity index (χ2v) is 8.67. The zero-order valence-corrected chi connectivity index (χ0v) is 18.9. The Balaban J connectivity index is 1.33. The SMILES string of the molecule is COc1ccc2c(c1)/C(=C/CCN1CCC(O)(c3cccnc3)CC1)c1cccnc1CO2. The Hall–Kier alpha value is -3.22. The first kappa shape index (κ1) is 21.6. The van der Waals surface area contributed by atoms with Crippen molar-refractivity contribution in [3.05, 3.63) is 89.5 Å². The summed E-state index contributed by atoms with van der Waals surface area (Å²) in [7, 11) is 1.68. The minimum absolute atomic E-state index is 0.450. The van der Waals surface area contributed by atoms with Crippen LogP contribution in [0.1, 0.15) is 41.6 Å². The van der Waals surface area contributed by atoms with E-state index in [2.05, 4.69) is 27.0 Å². The van der Waals surface area contributed by atoms with E-state index in [9.17, 15) is 5.11 Å². The molecule has 33 heavy (non-hydrogen) atoms. The minimum atomic E-state index is -0.776. The number of rotatable bonds is 5. The third-order valence-electron chi connectivity index (χ3n) is 6.70. The monoisotopic (exact) mass is 443 g/mol. The highest BCUT2D eigenvalue weighted by Gasteiger charge is 2.33. The third kappa shape index (κ3) is 4.49. The fraction of sp³-hybridized carbons (Fsp3) is 0.333. The summed E-state index contributed by atoms with van der Waals surface area (Å²) >= 11 is 0. The van der Waals surface area contributed by atoms with Crippen molar-refractivity contribution in [2.45, 2.75) is 31.5 Å².